The quantitative estimate of drug-likeness (QED) is 0.486. The number of H-pyrrole nitrogens is 1. The number of fused-ring (bicyclic) bond motifs is 5. The molecule has 136 valence electrons. The summed E-state index contributed by atoms with van der Waals surface area (Å²) in [7, 11) is 1.36. The molecule has 0 aliphatic rings. The smallest absolute Gasteiger partial charge is 0.337 e. The molecule has 5 rings (SSSR count). The van der Waals surface area contributed by atoms with Crippen molar-refractivity contribution in [3.05, 3.63) is 87.6 Å². The summed E-state index contributed by atoms with van der Waals surface area (Å²) in [4.78, 5) is 31.2. The largest absolute Gasteiger partial charge is 0.465 e. The normalized spacial score (nSPS) is 12.2. The number of imidazole rings is 1. The van der Waals surface area contributed by atoms with Gasteiger partial charge in [-0.2, -0.15) is 0 Å². The summed E-state index contributed by atoms with van der Waals surface area (Å²) in [5, 5.41) is 2.99. The number of aromatic nitrogens is 3. The zero-order valence-electron chi connectivity index (χ0n) is 15.0. The third-order valence-electron chi connectivity index (χ3n) is 4.94. The number of hydrogen-bond acceptors (Lipinski definition) is 4. The van der Waals surface area contributed by atoms with Crippen molar-refractivity contribution in [1.29, 1.82) is 0 Å². The molecule has 1 N–H and O–H groups in total. The number of rotatable bonds is 2. The SMILES string of the molecule is COC(=O)c1ccc(C=c2c3ccccc3c3[nH]c(=O)c4nccn4c23)cc1. The number of nitrogens with one attached hydrogen (secondary N) is 1. The highest BCUT2D eigenvalue weighted by molar-refractivity contribution is 6.10. The molecule has 5 aromatic rings. The van der Waals surface area contributed by atoms with Gasteiger partial charge in [-0.3, -0.25) is 9.20 Å². The van der Waals surface area contributed by atoms with Crippen LogP contribution in [0.3, 0.4) is 0 Å². The molecule has 0 aliphatic carbocycles. The lowest BCUT2D eigenvalue weighted by molar-refractivity contribution is 0.0600. The Balaban J connectivity index is 1.87. The molecular weight excluding hydrogens is 354 g/mol. The van der Waals surface area contributed by atoms with Crippen LogP contribution in [0.25, 0.3) is 33.5 Å². The van der Waals surface area contributed by atoms with Crippen LogP contribution in [0.5, 0.6) is 0 Å². The first kappa shape index (κ1) is 16.3. The summed E-state index contributed by atoms with van der Waals surface area (Å²) in [6.07, 6.45) is 5.46. The molecule has 0 saturated carbocycles. The Kier molecular flexibility index (Phi) is 3.52. The maximum absolute atomic E-state index is 12.4. The molecule has 2 heterocycles. The van der Waals surface area contributed by atoms with Gasteiger partial charge in [-0.1, -0.05) is 36.4 Å². The van der Waals surface area contributed by atoms with Gasteiger partial charge < -0.3 is 9.72 Å². The molecule has 28 heavy (non-hydrogen) atoms. The van der Waals surface area contributed by atoms with Crippen LogP contribution >= 0.6 is 0 Å². The molecule has 6 heteroatoms. The molecule has 0 spiro atoms. The Morgan fingerprint density at radius 1 is 1.11 bits per heavy atom. The molecule has 6 nitrogen and oxygen atoms in total. The molecule has 3 aromatic carbocycles. The van der Waals surface area contributed by atoms with E-state index in [2.05, 4.69) is 9.97 Å². The van der Waals surface area contributed by atoms with E-state index in [0.717, 1.165) is 32.6 Å². The summed E-state index contributed by atoms with van der Waals surface area (Å²) in [5.41, 5.74) is 3.25. The predicted octanol–water partition coefficient (Wildman–Crippen LogP) is 2.66. The number of benzene rings is 2. The van der Waals surface area contributed by atoms with E-state index in [1.807, 2.05) is 46.9 Å². The minimum Gasteiger partial charge on any atom is -0.465 e. The first-order chi connectivity index (χ1) is 13.7. The minimum atomic E-state index is -0.367. The Morgan fingerprint density at radius 2 is 1.86 bits per heavy atom. The molecule has 2 aromatic heterocycles. The van der Waals surface area contributed by atoms with Crippen LogP contribution in [0.4, 0.5) is 0 Å². The Hall–Kier alpha value is -3.93. The van der Waals surface area contributed by atoms with Gasteiger partial charge in [0.25, 0.3) is 5.56 Å². The van der Waals surface area contributed by atoms with Crippen molar-refractivity contribution in [2.24, 2.45) is 0 Å². The zero-order valence-corrected chi connectivity index (χ0v) is 15.0. The highest BCUT2D eigenvalue weighted by Gasteiger charge is 2.13. The number of carbonyl (C=O) groups excluding carboxylic acids is 1. The van der Waals surface area contributed by atoms with E-state index < -0.39 is 0 Å². The fraction of sp³-hybridized carbons (Fsp3) is 0.0455. The molecule has 0 unspecified atom stereocenters. The summed E-state index contributed by atoms with van der Waals surface area (Å²) >= 11 is 0. The summed E-state index contributed by atoms with van der Waals surface area (Å²) in [6, 6.07) is 15.2. The second-order valence-corrected chi connectivity index (χ2v) is 6.52. The third kappa shape index (κ3) is 2.31. The Bertz CT molecular complexity index is 1480. The lowest BCUT2D eigenvalue weighted by Crippen LogP contribution is -2.13. The molecule has 0 radical (unpaired) electrons. The lowest BCUT2D eigenvalue weighted by Gasteiger charge is -2.00. The number of nitrogens with zero attached hydrogens (tertiary/aromatic N) is 2. The molecule has 0 fully saturated rings. The van der Waals surface area contributed by atoms with E-state index in [1.54, 1.807) is 24.5 Å². The number of ether oxygens (including phenoxy) is 1. The highest BCUT2D eigenvalue weighted by atomic mass is 16.5. The maximum Gasteiger partial charge on any atom is 0.337 e. The van der Waals surface area contributed by atoms with Gasteiger partial charge in [0.05, 0.1) is 23.7 Å². The van der Waals surface area contributed by atoms with Crippen LogP contribution in [0.2, 0.25) is 0 Å². The molecule has 0 saturated heterocycles. The highest BCUT2D eigenvalue weighted by Crippen LogP contribution is 2.22. The lowest BCUT2D eigenvalue weighted by atomic mass is 10.1. The van der Waals surface area contributed by atoms with Crippen molar-refractivity contribution < 1.29 is 9.53 Å². The number of esters is 1. The summed E-state index contributed by atoms with van der Waals surface area (Å²) < 4.78 is 6.58. The van der Waals surface area contributed by atoms with Crippen LogP contribution in [0, 0.1) is 0 Å². The standard InChI is InChI=1S/C22H15N3O3/c1-28-22(27)14-8-6-13(7-9-14)12-17-15-4-2-3-5-16(15)18-19(17)25-11-10-23-20(25)21(26)24-18/h2-12H,1H3,(H,24,26). The van der Waals surface area contributed by atoms with E-state index >= 15 is 0 Å². The van der Waals surface area contributed by atoms with Crippen molar-refractivity contribution in [3.63, 3.8) is 0 Å². The maximum atomic E-state index is 12.4. The van der Waals surface area contributed by atoms with Crippen molar-refractivity contribution in [1.82, 2.24) is 14.4 Å². The Labute approximate surface area is 158 Å². The molecular formula is C22H15N3O3. The number of hydrogen-bond donors (Lipinski definition) is 1. The van der Waals surface area contributed by atoms with Crippen LogP contribution < -0.4 is 10.8 Å². The fourth-order valence-electron chi connectivity index (χ4n) is 3.67. The second kappa shape index (κ2) is 6.06. The van der Waals surface area contributed by atoms with E-state index in [-0.39, 0.29) is 11.5 Å². The number of methoxy groups -OCH3 is 1. The number of carbonyl (C=O) groups is 1. The average Bonchev–Trinajstić information content (AvgIpc) is 3.33. The van der Waals surface area contributed by atoms with Crippen molar-refractivity contribution in [2.45, 2.75) is 0 Å². The molecule has 0 bridgehead atoms. The van der Waals surface area contributed by atoms with Gasteiger partial charge in [0.1, 0.15) is 0 Å². The summed E-state index contributed by atoms with van der Waals surface area (Å²) in [5.74, 6) is -0.367. The van der Waals surface area contributed by atoms with Crippen LogP contribution in [0.15, 0.2) is 65.7 Å². The Morgan fingerprint density at radius 3 is 2.61 bits per heavy atom. The minimum absolute atomic E-state index is 0.220. The third-order valence-corrected chi connectivity index (χ3v) is 4.94. The predicted molar refractivity (Wildman–Crippen MR) is 107 cm³/mol. The number of aromatic amines is 1. The first-order valence-electron chi connectivity index (χ1n) is 8.77. The van der Waals surface area contributed by atoms with Crippen molar-refractivity contribution in [3.8, 4) is 0 Å². The van der Waals surface area contributed by atoms with Gasteiger partial charge in [-0.05, 0) is 29.2 Å². The van der Waals surface area contributed by atoms with Gasteiger partial charge in [0.15, 0.2) is 0 Å². The van der Waals surface area contributed by atoms with Crippen LogP contribution in [-0.4, -0.2) is 27.4 Å². The molecule has 0 amide bonds. The monoisotopic (exact) mass is 369 g/mol. The van der Waals surface area contributed by atoms with Crippen LogP contribution in [0.1, 0.15) is 15.9 Å². The van der Waals surface area contributed by atoms with E-state index in [1.165, 1.54) is 7.11 Å². The van der Waals surface area contributed by atoms with Crippen molar-refractivity contribution in [2.75, 3.05) is 7.11 Å². The van der Waals surface area contributed by atoms with Gasteiger partial charge in [0.2, 0.25) is 5.65 Å². The summed E-state index contributed by atoms with van der Waals surface area (Å²) in [6.45, 7) is 0. The van der Waals surface area contributed by atoms with E-state index in [9.17, 15) is 9.59 Å². The molecule has 0 aliphatic heterocycles. The van der Waals surface area contributed by atoms with Gasteiger partial charge >= 0.3 is 5.97 Å². The first-order valence-corrected chi connectivity index (χ1v) is 8.77. The molecule has 0 atom stereocenters. The van der Waals surface area contributed by atoms with Crippen molar-refractivity contribution >= 4 is 39.5 Å². The second-order valence-electron chi connectivity index (χ2n) is 6.52. The average molecular weight is 369 g/mol. The zero-order chi connectivity index (χ0) is 19.3. The van der Waals surface area contributed by atoms with E-state index in [0.29, 0.717) is 11.2 Å². The topological polar surface area (TPSA) is 76.5 Å². The van der Waals surface area contributed by atoms with E-state index in [4.69, 9.17) is 4.74 Å². The van der Waals surface area contributed by atoms with Crippen LogP contribution in [-0.2, 0) is 4.74 Å². The van der Waals surface area contributed by atoms with Gasteiger partial charge in [0, 0.05) is 23.0 Å². The van der Waals surface area contributed by atoms with Gasteiger partial charge in [-0.25, -0.2) is 9.78 Å². The fourth-order valence-corrected chi connectivity index (χ4v) is 3.67. The van der Waals surface area contributed by atoms with Gasteiger partial charge in [-0.15, -0.1) is 0 Å².